The van der Waals surface area contributed by atoms with Crippen molar-refractivity contribution >= 4 is 55.8 Å². The van der Waals surface area contributed by atoms with Crippen LogP contribution in [0.3, 0.4) is 0 Å². The molecule has 4 aromatic rings. The second-order valence-corrected chi connectivity index (χ2v) is 7.70. The van der Waals surface area contributed by atoms with Gasteiger partial charge in [-0.1, -0.05) is 42.0 Å². The van der Waals surface area contributed by atoms with Crippen molar-refractivity contribution in [2.24, 2.45) is 0 Å². The van der Waals surface area contributed by atoms with E-state index in [1.807, 2.05) is 18.2 Å². The Balaban J connectivity index is 1.51. The molecule has 0 aliphatic heterocycles. The van der Waals surface area contributed by atoms with E-state index in [2.05, 4.69) is 15.6 Å². The molecule has 0 aliphatic carbocycles. The quantitative estimate of drug-likeness (QED) is 0.422. The van der Waals surface area contributed by atoms with Crippen LogP contribution in [-0.2, 0) is 4.79 Å². The first-order valence-corrected chi connectivity index (χ1v) is 10.1. The molecule has 0 saturated heterocycles. The lowest BCUT2D eigenvalue weighted by molar-refractivity contribution is -0.115. The fraction of sp³-hybridized carbons (Fsp3) is 0.0952. The largest absolute Gasteiger partial charge is 0.451 e. The fourth-order valence-electron chi connectivity index (χ4n) is 2.71. The first-order valence-electron chi connectivity index (χ1n) is 8.89. The number of carbonyl (C=O) groups excluding carboxylic acids is 2. The summed E-state index contributed by atoms with van der Waals surface area (Å²) in [5.41, 5.74) is 2.16. The molecule has 0 bridgehead atoms. The average Bonchev–Trinajstić information content (AvgIpc) is 3.34. The summed E-state index contributed by atoms with van der Waals surface area (Å²) < 4.78 is 6.53. The van der Waals surface area contributed by atoms with E-state index in [1.54, 1.807) is 43.3 Å². The summed E-state index contributed by atoms with van der Waals surface area (Å²) in [5, 5.41) is 6.70. The number of carbonyl (C=O) groups is 2. The number of amides is 2. The fourth-order valence-corrected chi connectivity index (χ4v) is 3.82. The van der Waals surface area contributed by atoms with Crippen LogP contribution in [0, 0.1) is 0 Å². The topological polar surface area (TPSA) is 84.2 Å². The molecule has 0 unspecified atom stereocenters. The van der Waals surface area contributed by atoms with Gasteiger partial charge in [0.15, 0.2) is 10.9 Å². The third kappa shape index (κ3) is 4.31. The van der Waals surface area contributed by atoms with Crippen LogP contribution in [0.1, 0.15) is 23.9 Å². The van der Waals surface area contributed by atoms with E-state index in [0.29, 0.717) is 28.0 Å². The van der Waals surface area contributed by atoms with E-state index in [4.69, 9.17) is 16.0 Å². The number of furan rings is 1. The zero-order valence-corrected chi connectivity index (χ0v) is 16.9. The highest BCUT2D eigenvalue weighted by atomic mass is 35.5. The van der Waals surface area contributed by atoms with Crippen LogP contribution >= 0.6 is 22.9 Å². The second kappa shape index (κ2) is 8.06. The van der Waals surface area contributed by atoms with E-state index in [1.165, 1.54) is 11.3 Å². The molecule has 0 fully saturated rings. The summed E-state index contributed by atoms with van der Waals surface area (Å²) >= 11 is 7.36. The molecule has 0 aliphatic rings. The number of nitrogens with one attached hydrogen (secondary N) is 2. The second-order valence-electron chi connectivity index (χ2n) is 6.23. The van der Waals surface area contributed by atoms with Crippen LogP contribution in [0.25, 0.3) is 21.5 Å². The molecule has 29 heavy (non-hydrogen) atoms. The van der Waals surface area contributed by atoms with Crippen LogP contribution in [-0.4, -0.2) is 16.8 Å². The number of benzene rings is 2. The molecule has 0 radical (unpaired) electrons. The molecule has 2 aromatic heterocycles. The minimum atomic E-state index is -0.360. The van der Waals surface area contributed by atoms with Gasteiger partial charge in [0.05, 0.1) is 10.2 Å². The van der Waals surface area contributed by atoms with Gasteiger partial charge in [0, 0.05) is 22.7 Å². The Morgan fingerprint density at radius 3 is 2.76 bits per heavy atom. The molecule has 0 saturated carbocycles. The maximum atomic E-state index is 12.6. The van der Waals surface area contributed by atoms with Crippen LogP contribution in [0.2, 0.25) is 5.02 Å². The lowest BCUT2D eigenvalue weighted by Gasteiger charge is -2.03. The Morgan fingerprint density at radius 2 is 1.97 bits per heavy atom. The highest BCUT2D eigenvalue weighted by Crippen LogP contribution is 2.29. The Bertz CT molecular complexity index is 1210. The molecule has 2 N–H and O–H groups in total. The Hall–Kier alpha value is -3.16. The number of rotatable bonds is 5. The lowest BCUT2D eigenvalue weighted by atomic mass is 10.2. The van der Waals surface area contributed by atoms with E-state index in [0.717, 1.165) is 15.8 Å². The Labute approximate surface area is 175 Å². The molecule has 2 heterocycles. The number of hydrogen-bond acceptors (Lipinski definition) is 5. The first-order chi connectivity index (χ1) is 14.0. The van der Waals surface area contributed by atoms with Gasteiger partial charge in [0.1, 0.15) is 5.76 Å². The van der Waals surface area contributed by atoms with Crippen molar-refractivity contribution in [3.63, 3.8) is 0 Å². The van der Waals surface area contributed by atoms with E-state index < -0.39 is 0 Å². The smallest absolute Gasteiger partial charge is 0.291 e. The van der Waals surface area contributed by atoms with Crippen molar-refractivity contribution in [1.29, 1.82) is 0 Å². The van der Waals surface area contributed by atoms with Crippen molar-refractivity contribution < 1.29 is 14.0 Å². The maximum absolute atomic E-state index is 12.6. The number of anilines is 2. The molecule has 6 nitrogen and oxygen atoms in total. The standard InChI is InChI=1S/C21H16ClN3O3S/c1-2-19(26)25-21-24-15-7-6-14(11-18(15)29-21)23-20(27)17-9-8-16(28-17)12-4-3-5-13(22)10-12/h3-11H,2H2,1H3,(H,23,27)(H,24,25,26). The van der Waals surface area contributed by atoms with Crippen molar-refractivity contribution in [3.05, 3.63) is 65.4 Å². The van der Waals surface area contributed by atoms with E-state index in [-0.39, 0.29) is 17.6 Å². The molecular formula is C21H16ClN3O3S. The summed E-state index contributed by atoms with van der Waals surface area (Å²) in [6.07, 6.45) is 0.386. The number of fused-ring (bicyclic) bond motifs is 1. The zero-order chi connectivity index (χ0) is 20.4. The van der Waals surface area contributed by atoms with Gasteiger partial charge in [-0.25, -0.2) is 4.98 Å². The van der Waals surface area contributed by atoms with Gasteiger partial charge in [-0.15, -0.1) is 0 Å². The van der Waals surface area contributed by atoms with Gasteiger partial charge in [0.25, 0.3) is 5.91 Å². The van der Waals surface area contributed by atoms with Crippen LogP contribution < -0.4 is 10.6 Å². The minimum absolute atomic E-state index is 0.0918. The normalized spacial score (nSPS) is 10.8. The average molecular weight is 426 g/mol. The van der Waals surface area contributed by atoms with Crippen LogP contribution in [0.4, 0.5) is 10.8 Å². The van der Waals surface area contributed by atoms with Crippen molar-refractivity contribution in [1.82, 2.24) is 4.98 Å². The Morgan fingerprint density at radius 1 is 1.10 bits per heavy atom. The summed E-state index contributed by atoms with van der Waals surface area (Å²) in [5.74, 6) is 0.305. The van der Waals surface area contributed by atoms with Crippen molar-refractivity contribution in [2.75, 3.05) is 10.6 Å². The van der Waals surface area contributed by atoms with Gasteiger partial charge in [-0.05, 0) is 42.5 Å². The van der Waals surface area contributed by atoms with Gasteiger partial charge in [0.2, 0.25) is 5.91 Å². The van der Waals surface area contributed by atoms with Crippen LogP contribution in [0.5, 0.6) is 0 Å². The monoisotopic (exact) mass is 425 g/mol. The minimum Gasteiger partial charge on any atom is -0.451 e. The van der Waals surface area contributed by atoms with Gasteiger partial charge < -0.3 is 15.1 Å². The molecule has 2 amide bonds. The molecule has 146 valence electrons. The molecular weight excluding hydrogens is 410 g/mol. The number of halogens is 1. The number of aromatic nitrogens is 1. The summed E-state index contributed by atoms with van der Waals surface area (Å²) in [7, 11) is 0. The molecule has 0 spiro atoms. The van der Waals surface area contributed by atoms with Crippen molar-refractivity contribution in [2.45, 2.75) is 13.3 Å². The molecule has 0 atom stereocenters. The summed E-state index contributed by atoms with van der Waals surface area (Å²) in [4.78, 5) is 28.5. The molecule has 8 heteroatoms. The van der Waals surface area contributed by atoms with Gasteiger partial charge >= 0.3 is 0 Å². The summed E-state index contributed by atoms with van der Waals surface area (Å²) in [6.45, 7) is 1.78. The summed E-state index contributed by atoms with van der Waals surface area (Å²) in [6, 6.07) is 15.9. The molecule has 2 aromatic carbocycles. The predicted molar refractivity (Wildman–Crippen MR) is 116 cm³/mol. The maximum Gasteiger partial charge on any atom is 0.291 e. The first kappa shape index (κ1) is 19.2. The number of nitrogens with zero attached hydrogens (tertiary/aromatic N) is 1. The van der Waals surface area contributed by atoms with Gasteiger partial charge in [-0.3, -0.25) is 9.59 Å². The van der Waals surface area contributed by atoms with Crippen molar-refractivity contribution in [3.8, 4) is 11.3 Å². The molecule has 4 rings (SSSR count). The SMILES string of the molecule is CCC(=O)Nc1nc2ccc(NC(=O)c3ccc(-c4cccc(Cl)c4)o3)cc2s1. The van der Waals surface area contributed by atoms with Gasteiger partial charge in [-0.2, -0.15) is 0 Å². The predicted octanol–water partition coefficient (Wildman–Crippen LogP) is 5.81. The highest BCUT2D eigenvalue weighted by Gasteiger charge is 2.14. The van der Waals surface area contributed by atoms with Crippen LogP contribution in [0.15, 0.2) is 59.0 Å². The number of thiazole rings is 1. The Kier molecular flexibility index (Phi) is 5.33. The highest BCUT2D eigenvalue weighted by molar-refractivity contribution is 7.22. The van der Waals surface area contributed by atoms with E-state index in [9.17, 15) is 9.59 Å². The number of hydrogen-bond donors (Lipinski definition) is 2. The lowest BCUT2D eigenvalue weighted by Crippen LogP contribution is -2.10. The third-order valence-electron chi connectivity index (χ3n) is 4.15. The third-order valence-corrected chi connectivity index (χ3v) is 5.32. The van der Waals surface area contributed by atoms with E-state index >= 15 is 0 Å². The zero-order valence-electron chi connectivity index (χ0n) is 15.4.